The lowest BCUT2D eigenvalue weighted by molar-refractivity contribution is 0.200. The molecule has 0 aliphatic carbocycles. The lowest BCUT2D eigenvalue weighted by Crippen LogP contribution is -2.28. The SMILES string of the molecule is CCCCCCNCC(O)[CH]Cc1ccccc1.CN.CN.CN. The Morgan fingerprint density at radius 1 is 0.958 bits per heavy atom. The Labute approximate surface area is 150 Å². The van der Waals surface area contributed by atoms with Crippen LogP contribution >= 0.6 is 0 Å². The zero-order valence-electron chi connectivity index (χ0n) is 16.2. The van der Waals surface area contributed by atoms with Gasteiger partial charge >= 0.3 is 0 Å². The maximum Gasteiger partial charge on any atom is 0.0699 e. The molecule has 5 nitrogen and oxygen atoms in total. The van der Waals surface area contributed by atoms with Crippen molar-refractivity contribution in [3.63, 3.8) is 0 Å². The molecule has 0 aliphatic heterocycles. The van der Waals surface area contributed by atoms with E-state index >= 15 is 0 Å². The highest BCUT2D eigenvalue weighted by molar-refractivity contribution is 5.16. The zero-order valence-corrected chi connectivity index (χ0v) is 16.2. The van der Waals surface area contributed by atoms with Crippen molar-refractivity contribution in [3.8, 4) is 0 Å². The molecular weight excluding hydrogens is 300 g/mol. The second-order valence-corrected chi connectivity index (χ2v) is 4.76. The standard InChI is InChI=1S/C16H26NO.3CH5N/c1-2-3-4-8-13-17-14-16(18)12-11-15-9-6-5-7-10-15;3*1-2/h5-7,9-10,12,16-18H,2-4,8,11,13-14H2,1H3;3*2H2,1H3. The van der Waals surface area contributed by atoms with Gasteiger partial charge in [0, 0.05) is 6.54 Å². The smallest absolute Gasteiger partial charge is 0.0699 e. The van der Waals surface area contributed by atoms with Crippen LogP contribution in [0, 0.1) is 6.42 Å². The molecule has 1 rings (SSSR count). The van der Waals surface area contributed by atoms with Crippen LogP contribution in [0.3, 0.4) is 0 Å². The van der Waals surface area contributed by atoms with Crippen LogP contribution in [0.5, 0.6) is 0 Å². The summed E-state index contributed by atoms with van der Waals surface area (Å²) in [5.41, 5.74) is 14.7. The molecule has 1 aromatic rings. The lowest BCUT2D eigenvalue weighted by atomic mass is 10.1. The van der Waals surface area contributed by atoms with Gasteiger partial charge < -0.3 is 27.6 Å². The number of nitrogens with one attached hydrogen (secondary N) is 1. The van der Waals surface area contributed by atoms with E-state index in [0.717, 1.165) is 13.0 Å². The molecule has 0 saturated heterocycles. The highest BCUT2D eigenvalue weighted by Crippen LogP contribution is 2.03. The average molecular weight is 342 g/mol. The number of aliphatic hydroxyl groups is 1. The first-order chi connectivity index (χ1) is 11.8. The van der Waals surface area contributed by atoms with E-state index in [2.05, 4.69) is 41.6 Å². The van der Waals surface area contributed by atoms with Crippen molar-refractivity contribution in [2.24, 2.45) is 17.2 Å². The first-order valence-corrected chi connectivity index (χ1v) is 8.82. The number of benzene rings is 1. The van der Waals surface area contributed by atoms with E-state index in [1.165, 1.54) is 52.4 Å². The van der Waals surface area contributed by atoms with Gasteiger partial charge in [0.2, 0.25) is 0 Å². The Bertz CT molecular complexity index is 297. The Balaban J connectivity index is -0.000000659. The molecule has 1 unspecified atom stereocenters. The maximum atomic E-state index is 9.80. The molecule has 0 heterocycles. The molecule has 0 aromatic heterocycles. The van der Waals surface area contributed by atoms with Crippen molar-refractivity contribution in [1.82, 2.24) is 5.32 Å². The highest BCUT2D eigenvalue weighted by Gasteiger charge is 2.04. The quantitative estimate of drug-likeness (QED) is 0.416. The van der Waals surface area contributed by atoms with Crippen LogP contribution in [0.2, 0.25) is 0 Å². The van der Waals surface area contributed by atoms with Gasteiger partial charge in [-0.25, -0.2) is 0 Å². The topological polar surface area (TPSA) is 110 Å². The summed E-state index contributed by atoms with van der Waals surface area (Å²) in [5.74, 6) is 0. The molecule has 0 amide bonds. The minimum Gasteiger partial charge on any atom is -0.391 e. The van der Waals surface area contributed by atoms with Gasteiger partial charge in [-0.3, -0.25) is 0 Å². The third kappa shape index (κ3) is 21.0. The van der Waals surface area contributed by atoms with Gasteiger partial charge in [0.05, 0.1) is 6.10 Å². The van der Waals surface area contributed by atoms with E-state index in [4.69, 9.17) is 0 Å². The van der Waals surface area contributed by atoms with Crippen molar-refractivity contribution in [1.29, 1.82) is 0 Å². The van der Waals surface area contributed by atoms with E-state index in [0.29, 0.717) is 6.54 Å². The number of hydrogen-bond donors (Lipinski definition) is 5. The summed E-state index contributed by atoms with van der Waals surface area (Å²) in [4.78, 5) is 0. The summed E-state index contributed by atoms with van der Waals surface area (Å²) >= 11 is 0. The lowest BCUT2D eigenvalue weighted by Gasteiger charge is -2.11. The monoisotopic (exact) mass is 341 g/mol. The first kappa shape index (κ1) is 27.8. The molecule has 0 spiro atoms. The van der Waals surface area contributed by atoms with Gasteiger partial charge in [0.1, 0.15) is 0 Å². The van der Waals surface area contributed by atoms with Gasteiger partial charge in [0.15, 0.2) is 0 Å². The number of hydrogen-bond acceptors (Lipinski definition) is 5. The Kier molecular flexibility index (Phi) is 31.2. The predicted octanol–water partition coefficient (Wildman–Crippen LogP) is 1.69. The molecule has 0 aliphatic rings. The molecule has 1 radical (unpaired) electrons. The molecule has 1 aromatic carbocycles. The molecule has 8 N–H and O–H groups in total. The van der Waals surface area contributed by atoms with E-state index < -0.39 is 0 Å². The van der Waals surface area contributed by atoms with Crippen LogP contribution in [-0.4, -0.2) is 45.4 Å². The Morgan fingerprint density at radius 3 is 2.08 bits per heavy atom. The van der Waals surface area contributed by atoms with E-state index in [-0.39, 0.29) is 6.10 Å². The molecule has 0 bridgehead atoms. The second-order valence-electron chi connectivity index (χ2n) is 4.76. The van der Waals surface area contributed by atoms with Crippen molar-refractivity contribution in [3.05, 3.63) is 42.3 Å². The summed E-state index contributed by atoms with van der Waals surface area (Å²) in [6, 6.07) is 10.2. The fourth-order valence-corrected chi connectivity index (χ4v) is 1.90. The van der Waals surface area contributed by atoms with E-state index in [1.54, 1.807) is 0 Å². The molecule has 24 heavy (non-hydrogen) atoms. The number of rotatable bonds is 10. The van der Waals surface area contributed by atoms with Gasteiger partial charge in [-0.1, -0.05) is 56.5 Å². The first-order valence-electron chi connectivity index (χ1n) is 8.82. The summed E-state index contributed by atoms with van der Waals surface area (Å²) in [5, 5.41) is 13.1. The molecule has 0 fully saturated rings. The Morgan fingerprint density at radius 2 is 1.54 bits per heavy atom. The fourth-order valence-electron chi connectivity index (χ4n) is 1.90. The minimum atomic E-state index is -0.351. The van der Waals surface area contributed by atoms with Gasteiger partial charge in [0.25, 0.3) is 0 Å². The minimum absolute atomic E-state index is 0.351. The molecule has 5 heteroatoms. The van der Waals surface area contributed by atoms with E-state index in [9.17, 15) is 5.11 Å². The van der Waals surface area contributed by atoms with Crippen LogP contribution in [0.4, 0.5) is 0 Å². The summed E-state index contributed by atoms with van der Waals surface area (Å²) < 4.78 is 0. The Hall–Kier alpha value is -0.980. The number of nitrogens with two attached hydrogens (primary N) is 3. The zero-order chi connectivity index (χ0) is 19.1. The summed E-state index contributed by atoms with van der Waals surface area (Å²) in [6.45, 7) is 3.89. The van der Waals surface area contributed by atoms with Crippen LogP contribution < -0.4 is 22.5 Å². The summed E-state index contributed by atoms with van der Waals surface area (Å²) in [7, 11) is 4.50. The van der Waals surface area contributed by atoms with Gasteiger partial charge in [-0.05, 0) is 52.5 Å². The average Bonchev–Trinajstić information content (AvgIpc) is 2.68. The van der Waals surface area contributed by atoms with Crippen molar-refractivity contribution < 1.29 is 5.11 Å². The van der Waals surface area contributed by atoms with Crippen molar-refractivity contribution in [2.75, 3.05) is 34.2 Å². The third-order valence-electron chi connectivity index (χ3n) is 3.03. The highest BCUT2D eigenvalue weighted by atomic mass is 16.3. The molecule has 0 saturated carbocycles. The van der Waals surface area contributed by atoms with Crippen molar-refractivity contribution >= 4 is 0 Å². The summed E-state index contributed by atoms with van der Waals surface area (Å²) in [6.07, 6.45) is 7.52. The fraction of sp³-hybridized carbons (Fsp3) is 0.632. The maximum absolute atomic E-state index is 9.80. The number of unbranched alkanes of at least 4 members (excludes halogenated alkanes) is 3. The third-order valence-corrected chi connectivity index (χ3v) is 3.03. The van der Waals surface area contributed by atoms with Gasteiger partial charge in [-0.2, -0.15) is 0 Å². The normalized spacial score (nSPS) is 10.2. The van der Waals surface area contributed by atoms with Crippen LogP contribution in [0.25, 0.3) is 0 Å². The van der Waals surface area contributed by atoms with Crippen LogP contribution in [0.15, 0.2) is 30.3 Å². The number of aliphatic hydroxyl groups excluding tert-OH is 1. The second kappa shape index (κ2) is 26.9. The van der Waals surface area contributed by atoms with Crippen molar-refractivity contribution in [2.45, 2.75) is 45.1 Å². The van der Waals surface area contributed by atoms with Crippen LogP contribution in [0.1, 0.15) is 38.2 Å². The van der Waals surface area contributed by atoms with E-state index in [1.807, 2.05) is 24.6 Å². The predicted molar refractivity (Wildman–Crippen MR) is 108 cm³/mol. The largest absolute Gasteiger partial charge is 0.391 e. The molecular formula is C19H41N4O. The van der Waals surface area contributed by atoms with Gasteiger partial charge in [-0.15, -0.1) is 0 Å². The molecule has 143 valence electrons. The van der Waals surface area contributed by atoms with Crippen LogP contribution in [-0.2, 0) is 6.42 Å². The molecule has 1 atom stereocenters.